The molecule has 8 nitrogen and oxygen atoms in total. The maximum Gasteiger partial charge on any atom is 0.232 e. The molecule has 196 valence electrons. The van der Waals surface area contributed by atoms with E-state index >= 15 is 0 Å². The van der Waals surface area contributed by atoms with Gasteiger partial charge < -0.3 is 9.30 Å². The van der Waals surface area contributed by atoms with Crippen LogP contribution in [0.5, 0.6) is 5.75 Å². The van der Waals surface area contributed by atoms with E-state index in [0.29, 0.717) is 36.0 Å². The van der Waals surface area contributed by atoms with E-state index in [4.69, 9.17) is 21.3 Å². The number of hydrogen-bond acceptors (Lipinski definition) is 6. The largest absolute Gasteiger partial charge is 0.496 e. The van der Waals surface area contributed by atoms with E-state index in [1.54, 1.807) is 7.11 Å². The van der Waals surface area contributed by atoms with Gasteiger partial charge >= 0.3 is 0 Å². The van der Waals surface area contributed by atoms with E-state index in [0.717, 1.165) is 33.5 Å². The van der Waals surface area contributed by atoms with Gasteiger partial charge in [-0.15, -0.1) is 0 Å². The molecule has 36 heavy (non-hydrogen) atoms. The summed E-state index contributed by atoms with van der Waals surface area (Å²) < 4.78 is 7.65. The van der Waals surface area contributed by atoms with Crippen molar-refractivity contribution in [2.24, 2.45) is 5.41 Å². The first kappa shape index (κ1) is 27.9. The molecule has 0 aromatic carbocycles. The second-order valence-electron chi connectivity index (χ2n) is 10.9. The number of anilines is 1. The second-order valence-corrected chi connectivity index (χ2v) is 11.3. The molecule has 1 N–H and O–H groups in total. The number of aromatic nitrogens is 4. The van der Waals surface area contributed by atoms with Crippen LogP contribution in [-0.4, -0.2) is 49.5 Å². The first-order valence-electron chi connectivity index (χ1n) is 12.4. The van der Waals surface area contributed by atoms with Crippen LogP contribution in [0.1, 0.15) is 70.9 Å². The third-order valence-corrected chi connectivity index (χ3v) is 6.68. The highest BCUT2D eigenvalue weighted by Gasteiger charge is 2.25. The molecule has 0 aliphatic carbocycles. The van der Waals surface area contributed by atoms with Crippen LogP contribution < -0.4 is 10.1 Å². The summed E-state index contributed by atoms with van der Waals surface area (Å²) in [5, 5.41) is 3.93. The van der Waals surface area contributed by atoms with Crippen molar-refractivity contribution in [2.45, 2.75) is 87.5 Å². The number of carbonyl (C=O) groups is 1. The molecule has 0 spiro atoms. The van der Waals surface area contributed by atoms with Crippen molar-refractivity contribution in [1.29, 1.82) is 0 Å². The van der Waals surface area contributed by atoms with E-state index in [-0.39, 0.29) is 11.9 Å². The second kappa shape index (κ2) is 10.7. The van der Waals surface area contributed by atoms with Crippen LogP contribution >= 0.6 is 11.6 Å². The molecule has 3 aromatic rings. The topological polar surface area (TPSA) is 85.2 Å². The van der Waals surface area contributed by atoms with Gasteiger partial charge in [-0.1, -0.05) is 32.4 Å². The van der Waals surface area contributed by atoms with Crippen molar-refractivity contribution < 1.29 is 9.53 Å². The standard InChI is InChI=1S/C27H39ClN6O2/c1-15(2)34(16(3)4)13-19-12-33(14-20-18(6)22(36-10)17(5)11-29-20)24-21(19)23(28)30-26(31-24)32-25(35)27(7,8)9/h11-12,15-16H,13-14H2,1-10H3,(H,30,31,32,35). The van der Waals surface area contributed by atoms with Crippen molar-refractivity contribution in [1.82, 2.24) is 24.4 Å². The minimum Gasteiger partial charge on any atom is -0.496 e. The van der Waals surface area contributed by atoms with Crippen molar-refractivity contribution in [3.05, 3.63) is 39.9 Å². The average Bonchev–Trinajstić information content (AvgIpc) is 3.10. The Kier molecular flexibility index (Phi) is 8.30. The van der Waals surface area contributed by atoms with E-state index < -0.39 is 5.41 Å². The Morgan fingerprint density at radius 2 is 1.81 bits per heavy atom. The summed E-state index contributed by atoms with van der Waals surface area (Å²) in [5.74, 6) is 0.838. The third kappa shape index (κ3) is 5.81. The molecule has 0 saturated carbocycles. The van der Waals surface area contributed by atoms with Gasteiger partial charge in [0.15, 0.2) is 0 Å². The predicted octanol–water partition coefficient (Wildman–Crippen LogP) is 5.76. The van der Waals surface area contributed by atoms with Crippen LogP contribution in [0.3, 0.4) is 0 Å². The number of aryl methyl sites for hydroxylation is 1. The Labute approximate surface area is 219 Å². The van der Waals surface area contributed by atoms with Crippen LogP contribution in [0.2, 0.25) is 5.15 Å². The van der Waals surface area contributed by atoms with Crippen LogP contribution in [0.4, 0.5) is 5.95 Å². The highest BCUT2D eigenvalue weighted by Crippen LogP contribution is 2.32. The SMILES string of the molecule is COc1c(C)cnc(Cn2cc(CN(C(C)C)C(C)C)c3c(Cl)nc(NC(=O)C(C)(C)C)nc32)c1C. The van der Waals surface area contributed by atoms with Gasteiger partial charge in [-0.25, -0.2) is 0 Å². The summed E-state index contributed by atoms with van der Waals surface area (Å²) in [6, 6.07) is 0.692. The highest BCUT2D eigenvalue weighted by molar-refractivity contribution is 6.34. The van der Waals surface area contributed by atoms with E-state index in [1.807, 2.05) is 45.4 Å². The molecule has 9 heteroatoms. The van der Waals surface area contributed by atoms with Crippen molar-refractivity contribution >= 4 is 34.5 Å². The lowest BCUT2D eigenvalue weighted by molar-refractivity contribution is -0.123. The van der Waals surface area contributed by atoms with Crippen molar-refractivity contribution in [2.75, 3.05) is 12.4 Å². The van der Waals surface area contributed by atoms with E-state index in [2.05, 4.69) is 54.1 Å². The molecule has 3 aromatic heterocycles. The number of nitrogens with zero attached hydrogens (tertiary/aromatic N) is 5. The zero-order valence-electron chi connectivity index (χ0n) is 23.2. The van der Waals surface area contributed by atoms with Crippen LogP contribution in [0.15, 0.2) is 12.4 Å². The summed E-state index contributed by atoms with van der Waals surface area (Å²) in [6.07, 6.45) is 3.90. The molecule has 3 rings (SSSR count). The number of hydrogen-bond donors (Lipinski definition) is 1. The Hall–Kier alpha value is -2.71. The number of ether oxygens (including phenoxy) is 1. The van der Waals surface area contributed by atoms with Crippen molar-refractivity contribution in [3.63, 3.8) is 0 Å². The summed E-state index contributed by atoms with van der Waals surface area (Å²) in [6.45, 7) is 19.4. The summed E-state index contributed by atoms with van der Waals surface area (Å²) in [4.78, 5) is 28.9. The fourth-order valence-electron chi connectivity index (χ4n) is 4.36. The Balaban J connectivity index is 2.17. The molecule has 0 fully saturated rings. The van der Waals surface area contributed by atoms with Crippen LogP contribution in [-0.2, 0) is 17.9 Å². The molecule has 0 saturated heterocycles. The quantitative estimate of drug-likeness (QED) is 0.385. The minimum absolute atomic E-state index is 0.178. The smallest absolute Gasteiger partial charge is 0.232 e. The molecule has 1 amide bonds. The molecule has 3 heterocycles. The van der Waals surface area contributed by atoms with Gasteiger partial charge in [0.1, 0.15) is 16.5 Å². The fourth-order valence-corrected chi connectivity index (χ4v) is 4.64. The van der Waals surface area contributed by atoms with Gasteiger partial charge in [-0.2, -0.15) is 9.97 Å². The van der Waals surface area contributed by atoms with Gasteiger partial charge in [0.25, 0.3) is 0 Å². The summed E-state index contributed by atoms with van der Waals surface area (Å²) in [5.41, 5.74) is 3.94. The van der Waals surface area contributed by atoms with Crippen molar-refractivity contribution in [3.8, 4) is 5.75 Å². The number of nitrogens with one attached hydrogen (secondary N) is 1. The maximum absolute atomic E-state index is 12.6. The van der Waals surface area contributed by atoms with Gasteiger partial charge in [0, 0.05) is 47.6 Å². The maximum atomic E-state index is 12.6. The normalized spacial score (nSPS) is 12.3. The molecule has 0 aliphatic heterocycles. The number of pyridine rings is 1. The number of halogens is 1. The number of carbonyl (C=O) groups excluding carboxylic acids is 1. The van der Waals surface area contributed by atoms with Gasteiger partial charge in [-0.05, 0) is 47.1 Å². The lowest BCUT2D eigenvalue weighted by Gasteiger charge is -2.30. The van der Waals surface area contributed by atoms with Crippen LogP contribution in [0.25, 0.3) is 11.0 Å². The molecular formula is C27H39ClN6O2. The Bertz CT molecular complexity index is 1250. The predicted molar refractivity (Wildman–Crippen MR) is 146 cm³/mol. The molecule has 0 radical (unpaired) electrons. The zero-order chi connectivity index (χ0) is 26.9. The van der Waals surface area contributed by atoms with E-state index in [9.17, 15) is 4.79 Å². The average molecular weight is 515 g/mol. The molecule has 0 aliphatic rings. The zero-order valence-corrected chi connectivity index (χ0v) is 23.9. The third-order valence-electron chi connectivity index (χ3n) is 6.41. The Morgan fingerprint density at radius 3 is 2.36 bits per heavy atom. The van der Waals surface area contributed by atoms with Gasteiger partial charge in [-0.3, -0.25) is 20.0 Å². The Morgan fingerprint density at radius 1 is 1.17 bits per heavy atom. The monoisotopic (exact) mass is 514 g/mol. The lowest BCUT2D eigenvalue weighted by atomic mass is 9.96. The highest BCUT2D eigenvalue weighted by atomic mass is 35.5. The first-order chi connectivity index (χ1) is 16.7. The lowest BCUT2D eigenvalue weighted by Crippen LogP contribution is -2.36. The number of rotatable bonds is 8. The van der Waals surface area contributed by atoms with Gasteiger partial charge in [0.2, 0.25) is 11.9 Å². The minimum atomic E-state index is -0.591. The molecule has 0 unspecified atom stereocenters. The number of fused-ring (bicyclic) bond motifs is 1. The molecule has 0 bridgehead atoms. The van der Waals surface area contributed by atoms with Crippen LogP contribution in [0, 0.1) is 19.3 Å². The number of amides is 1. The number of methoxy groups -OCH3 is 1. The fraction of sp³-hybridized carbons (Fsp3) is 0.556. The molecule has 0 atom stereocenters. The summed E-state index contributed by atoms with van der Waals surface area (Å²) in [7, 11) is 1.67. The van der Waals surface area contributed by atoms with E-state index in [1.165, 1.54) is 0 Å². The first-order valence-corrected chi connectivity index (χ1v) is 12.7. The van der Waals surface area contributed by atoms with Gasteiger partial charge in [0.05, 0.1) is 24.7 Å². The molecular weight excluding hydrogens is 476 g/mol. The summed E-state index contributed by atoms with van der Waals surface area (Å²) >= 11 is 6.75.